The molecule has 0 bridgehead atoms. The van der Waals surface area contributed by atoms with Gasteiger partial charge in [0.25, 0.3) is 0 Å². The minimum Gasteiger partial charge on any atom is -0.464 e. The lowest BCUT2D eigenvalue weighted by Gasteiger charge is -2.21. The average molecular weight is 635 g/mol. The fourth-order valence-corrected chi connectivity index (χ4v) is 6.11. The van der Waals surface area contributed by atoms with Gasteiger partial charge < -0.3 is 23.7 Å². The molecule has 1 saturated heterocycles. The summed E-state index contributed by atoms with van der Waals surface area (Å²) in [5.41, 5.74) is 6.06. The molecule has 0 saturated carbocycles. The number of esters is 1. The quantitative estimate of drug-likeness (QED) is 0.136. The van der Waals surface area contributed by atoms with E-state index in [4.69, 9.17) is 14.5 Å². The van der Waals surface area contributed by atoms with Crippen LogP contribution in [0.5, 0.6) is 0 Å². The fraction of sp³-hybridized carbons (Fsp3) is 0.500. The molecule has 1 aliphatic rings. The highest BCUT2D eigenvalue weighted by Crippen LogP contribution is 2.37. The number of ether oxygens (including phenoxy) is 2. The van der Waals surface area contributed by atoms with Crippen LogP contribution in [0.2, 0.25) is 0 Å². The van der Waals surface area contributed by atoms with Crippen molar-refractivity contribution in [3.63, 3.8) is 0 Å². The van der Waals surface area contributed by atoms with Crippen LogP contribution < -0.4 is 0 Å². The first-order chi connectivity index (χ1) is 21.7. The number of pyridine rings is 1. The third-order valence-electron chi connectivity index (χ3n) is 7.86. The molecule has 0 amide bonds. The van der Waals surface area contributed by atoms with Gasteiger partial charge >= 0.3 is 5.97 Å². The summed E-state index contributed by atoms with van der Waals surface area (Å²) in [7, 11) is 3.48. The number of rotatable bonds is 9. The maximum Gasteiger partial charge on any atom is 0.354 e. The first-order valence-electron chi connectivity index (χ1n) is 16.1. The zero-order chi connectivity index (χ0) is 32.9. The van der Waals surface area contributed by atoms with Crippen molar-refractivity contribution in [3.05, 3.63) is 58.4 Å². The molecule has 0 aliphatic carbocycles. The Hall–Kier alpha value is -3.40. The number of aryl methyl sites for hydroxylation is 2. The second-order valence-electron chi connectivity index (χ2n) is 11.5. The molecule has 1 aromatic carbocycles. The summed E-state index contributed by atoms with van der Waals surface area (Å²) >= 11 is 1.65. The molecule has 45 heavy (non-hydrogen) atoms. The fourth-order valence-electron chi connectivity index (χ4n) is 5.22. The van der Waals surface area contributed by atoms with Gasteiger partial charge in [-0.2, -0.15) is 0 Å². The first-order valence-corrected chi connectivity index (χ1v) is 16.9. The van der Waals surface area contributed by atoms with Gasteiger partial charge in [0, 0.05) is 18.5 Å². The second-order valence-corrected chi connectivity index (χ2v) is 12.7. The Balaban J connectivity index is 0.000000425. The lowest BCUT2D eigenvalue weighted by Crippen LogP contribution is -2.32. The number of thiazole rings is 1. The molecule has 5 rings (SSSR count). The number of likely N-dealkylation sites (N-methyl/N-ethyl adjacent to an activating group) is 1. The summed E-state index contributed by atoms with van der Waals surface area (Å²) in [4.78, 5) is 36.8. The van der Waals surface area contributed by atoms with Gasteiger partial charge in [0.1, 0.15) is 12.0 Å². The molecule has 9 heteroatoms. The summed E-state index contributed by atoms with van der Waals surface area (Å²) in [5, 5.41) is 2.02. The van der Waals surface area contributed by atoms with E-state index in [1.165, 1.54) is 20.0 Å². The normalized spacial score (nSPS) is 13.8. The highest BCUT2D eigenvalue weighted by Gasteiger charge is 2.24. The Bertz CT molecular complexity index is 1540. The van der Waals surface area contributed by atoms with Gasteiger partial charge in [-0.05, 0) is 68.6 Å². The number of aromatic nitrogens is 3. The molecule has 244 valence electrons. The van der Waals surface area contributed by atoms with E-state index in [9.17, 15) is 9.59 Å². The monoisotopic (exact) mass is 634 g/mol. The minimum atomic E-state index is -0.444. The second kappa shape index (κ2) is 17.9. The number of unbranched alkanes of at least 4 members (excludes halogenated alkanes) is 1. The van der Waals surface area contributed by atoms with Gasteiger partial charge in [-0.25, -0.2) is 14.8 Å². The predicted molar refractivity (Wildman–Crippen MR) is 185 cm³/mol. The predicted octanol–water partition coefficient (Wildman–Crippen LogP) is 8.09. The Morgan fingerprint density at radius 2 is 1.76 bits per heavy atom. The van der Waals surface area contributed by atoms with Crippen LogP contribution in [-0.2, 0) is 20.8 Å². The van der Waals surface area contributed by atoms with Crippen molar-refractivity contribution in [3.8, 4) is 21.8 Å². The maximum atomic E-state index is 12.5. The number of hydrogen-bond acceptors (Lipinski definition) is 8. The van der Waals surface area contributed by atoms with E-state index in [1.807, 2.05) is 38.1 Å². The zero-order valence-electron chi connectivity index (χ0n) is 28.3. The largest absolute Gasteiger partial charge is 0.464 e. The molecule has 1 aliphatic heterocycles. The Morgan fingerprint density at radius 1 is 1.04 bits per heavy atom. The number of fused-ring (bicyclic) bond motifs is 1. The lowest BCUT2D eigenvalue weighted by atomic mass is 9.93. The summed E-state index contributed by atoms with van der Waals surface area (Å²) in [5.74, 6) is -0.217. The highest BCUT2D eigenvalue weighted by molar-refractivity contribution is 7.15. The van der Waals surface area contributed by atoms with Gasteiger partial charge in [0.05, 0.1) is 59.4 Å². The molecule has 4 heterocycles. The zero-order valence-corrected chi connectivity index (χ0v) is 29.1. The minimum absolute atomic E-state index is 0.0812. The van der Waals surface area contributed by atoms with Crippen molar-refractivity contribution >= 4 is 34.5 Å². The molecular weight excluding hydrogens is 584 g/mol. The number of aldehydes is 1. The Morgan fingerprint density at radius 3 is 2.29 bits per heavy atom. The van der Waals surface area contributed by atoms with Crippen LogP contribution >= 0.6 is 11.3 Å². The van der Waals surface area contributed by atoms with Crippen LogP contribution in [0.25, 0.3) is 32.7 Å². The molecule has 0 spiro atoms. The van der Waals surface area contributed by atoms with Crippen LogP contribution in [0.15, 0.2) is 36.4 Å². The van der Waals surface area contributed by atoms with Gasteiger partial charge in [0.2, 0.25) is 0 Å². The number of carbonyl (C=O) groups excluding carboxylic acids is 2. The highest BCUT2D eigenvalue weighted by atomic mass is 32.1. The summed E-state index contributed by atoms with van der Waals surface area (Å²) in [6.07, 6.45) is 5.46. The summed E-state index contributed by atoms with van der Waals surface area (Å²) in [6.45, 7) is 16.8. The van der Waals surface area contributed by atoms with Crippen molar-refractivity contribution in [2.45, 2.75) is 79.7 Å². The standard InChI is InChI=1S/C27H29N3O3S.C5H11NO.C4H10/c1-6-7-16(2)21-15-24(27(32)33-5)30(12-13-31)25(21)20-9-10-22-19(14-20)8-11-23(29-22)26-17(3)28-18(4)34-26;1-6-2-4-7-5-3-6;1-3-4-2/h8-11,13-16H,6-7,12H2,1-5H3;2-5H2,1H3;3-4H2,1-2H3. The Kier molecular flexibility index (Phi) is 14.4. The topological polar surface area (TPSA) is 86.5 Å². The van der Waals surface area contributed by atoms with Crippen LogP contribution in [0.1, 0.15) is 86.0 Å². The number of morpholine rings is 1. The molecular formula is C36H50N4O4S. The average Bonchev–Trinajstić information content (AvgIpc) is 3.60. The van der Waals surface area contributed by atoms with E-state index >= 15 is 0 Å². The molecule has 1 atom stereocenters. The van der Waals surface area contributed by atoms with E-state index < -0.39 is 5.97 Å². The smallest absolute Gasteiger partial charge is 0.354 e. The van der Waals surface area contributed by atoms with Crippen molar-refractivity contribution in [1.82, 2.24) is 19.4 Å². The van der Waals surface area contributed by atoms with Gasteiger partial charge in [-0.1, -0.05) is 59.1 Å². The molecule has 3 aromatic heterocycles. The number of benzene rings is 1. The van der Waals surface area contributed by atoms with E-state index in [0.717, 1.165) is 94.4 Å². The molecule has 0 N–H and O–H groups in total. The Labute approximate surface area is 272 Å². The SMILES string of the molecule is CCCC.CCCC(C)c1cc(C(=O)OC)n(CC=O)c1-c1ccc2nc(-c3sc(C)nc3C)ccc2c1.CN1CCOCC1. The van der Waals surface area contributed by atoms with Crippen molar-refractivity contribution in [2.24, 2.45) is 0 Å². The van der Waals surface area contributed by atoms with Gasteiger partial charge in [-0.15, -0.1) is 11.3 Å². The molecule has 0 radical (unpaired) electrons. The van der Waals surface area contributed by atoms with Gasteiger partial charge in [-0.3, -0.25) is 0 Å². The van der Waals surface area contributed by atoms with Crippen LogP contribution in [0.4, 0.5) is 0 Å². The van der Waals surface area contributed by atoms with Crippen molar-refractivity contribution in [1.29, 1.82) is 0 Å². The molecule has 8 nitrogen and oxygen atoms in total. The molecule has 1 fully saturated rings. The number of carbonyl (C=O) groups is 2. The molecule has 4 aromatic rings. The third-order valence-corrected chi connectivity index (χ3v) is 8.96. The van der Waals surface area contributed by atoms with Crippen LogP contribution in [0.3, 0.4) is 0 Å². The number of hydrogen-bond donors (Lipinski definition) is 0. The molecule has 1 unspecified atom stereocenters. The van der Waals surface area contributed by atoms with Crippen molar-refractivity contribution in [2.75, 3.05) is 40.5 Å². The number of nitrogens with zero attached hydrogens (tertiary/aromatic N) is 4. The summed E-state index contributed by atoms with van der Waals surface area (Å²) in [6, 6.07) is 12.1. The number of methoxy groups -OCH3 is 1. The van der Waals surface area contributed by atoms with E-state index in [2.05, 4.69) is 56.8 Å². The summed E-state index contributed by atoms with van der Waals surface area (Å²) < 4.78 is 11.9. The van der Waals surface area contributed by atoms with Gasteiger partial charge in [0.15, 0.2) is 0 Å². The van der Waals surface area contributed by atoms with Crippen LogP contribution in [0, 0.1) is 13.8 Å². The van der Waals surface area contributed by atoms with E-state index in [1.54, 1.807) is 15.9 Å². The van der Waals surface area contributed by atoms with E-state index in [-0.39, 0.29) is 12.5 Å². The first kappa shape index (κ1) is 36.1. The maximum absolute atomic E-state index is 12.5. The third kappa shape index (κ3) is 9.55. The van der Waals surface area contributed by atoms with Crippen LogP contribution in [-0.4, -0.2) is 72.2 Å². The lowest BCUT2D eigenvalue weighted by molar-refractivity contribution is -0.108. The van der Waals surface area contributed by atoms with E-state index in [0.29, 0.717) is 5.69 Å². The van der Waals surface area contributed by atoms with Crippen molar-refractivity contribution < 1.29 is 19.1 Å².